The van der Waals surface area contributed by atoms with Gasteiger partial charge in [-0.15, -0.1) is 0 Å². The highest BCUT2D eigenvalue weighted by molar-refractivity contribution is 6.35. The fourth-order valence-electron chi connectivity index (χ4n) is 0.851. The molecule has 0 aliphatic rings. The molecule has 1 rings (SSSR count). The van der Waals surface area contributed by atoms with Gasteiger partial charge in [0.1, 0.15) is 11.6 Å². The van der Waals surface area contributed by atoms with Crippen molar-refractivity contribution in [1.82, 2.24) is 0 Å². The van der Waals surface area contributed by atoms with Crippen molar-refractivity contribution in [2.45, 2.75) is 6.92 Å². The van der Waals surface area contributed by atoms with Crippen molar-refractivity contribution in [3.63, 3.8) is 0 Å². The summed E-state index contributed by atoms with van der Waals surface area (Å²) >= 11 is 11.3. The number of rotatable bonds is 1. The molecule has 0 bridgehead atoms. The Morgan fingerprint density at radius 2 is 2.00 bits per heavy atom. The van der Waals surface area contributed by atoms with Gasteiger partial charge in [-0.25, -0.2) is 4.39 Å². The first-order valence-corrected chi connectivity index (χ1v) is 4.01. The molecule has 0 aromatic heterocycles. The van der Waals surface area contributed by atoms with Crippen LogP contribution >= 0.6 is 23.2 Å². The normalized spacial score (nSPS) is 10.1. The first-order chi connectivity index (χ1) is 5.57. The average Bonchev–Trinajstić information content (AvgIpc) is 2.08. The summed E-state index contributed by atoms with van der Waals surface area (Å²) in [6.45, 7) is 1.55. The fourth-order valence-corrected chi connectivity index (χ4v) is 1.31. The maximum absolute atomic E-state index is 13.0. The van der Waals surface area contributed by atoms with Crippen molar-refractivity contribution in [2.75, 3.05) is 7.11 Å². The number of benzene rings is 1. The summed E-state index contributed by atoms with van der Waals surface area (Å²) in [4.78, 5) is 0. The number of ether oxygens (including phenoxy) is 1. The predicted molar refractivity (Wildman–Crippen MR) is 47.7 cm³/mol. The zero-order chi connectivity index (χ0) is 9.30. The van der Waals surface area contributed by atoms with Gasteiger partial charge >= 0.3 is 0 Å². The van der Waals surface area contributed by atoms with Gasteiger partial charge in [-0.3, -0.25) is 0 Å². The van der Waals surface area contributed by atoms with Crippen LogP contribution in [0.15, 0.2) is 6.07 Å². The summed E-state index contributed by atoms with van der Waals surface area (Å²) in [6.07, 6.45) is 0. The molecule has 4 heteroatoms. The van der Waals surface area contributed by atoms with Gasteiger partial charge in [0.05, 0.1) is 17.2 Å². The lowest BCUT2D eigenvalue weighted by Crippen LogP contribution is -1.91. The summed E-state index contributed by atoms with van der Waals surface area (Å²) in [7, 11) is 1.45. The first kappa shape index (κ1) is 9.62. The molecule has 0 atom stereocenters. The lowest BCUT2D eigenvalue weighted by molar-refractivity contribution is 0.413. The van der Waals surface area contributed by atoms with Gasteiger partial charge in [-0.2, -0.15) is 0 Å². The van der Waals surface area contributed by atoms with E-state index in [0.29, 0.717) is 11.3 Å². The zero-order valence-electron chi connectivity index (χ0n) is 6.62. The second kappa shape index (κ2) is 3.50. The van der Waals surface area contributed by atoms with Crippen LogP contribution in [0.25, 0.3) is 0 Å². The lowest BCUT2D eigenvalue weighted by Gasteiger charge is -2.07. The molecule has 0 amide bonds. The summed E-state index contributed by atoms with van der Waals surface area (Å²) < 4.78 is 17.9. The van der Waals surface area contributed by atoms with E-state index in [0.717, 1.165) is 0 Å². The third-order valence-electron chi connectivity index (χ3n) is 1.56. The molecule has 0 fully saturated rings. The zero-order valence-corrected chi connectivity index (χ0v) is 8.13. The standard InChI is InChI=1S/C8H7Cl2FO/c1-4-7(10)6(12-2)3-5(9)8(4)11/h3H,1-2H3. The molecule has 0 aliphatic heterocycles. The Morgan fingerprint density at radius 1 is 1.42 bits per heavy atom. The molecule has 0 spiro atoms. The van der Waals surface area contributed by atoms with Crippen molar-refractivity contribution in [2.24, 2.45) is 0 Å². The molecule has 0 aliphatic carbocycles. The van der Waals surface area contributed by atoms with E-state index < -0.39 is 5.82 Å². The Labute approximate surface area is 80.0 Å². The molecule has 66 valence electrons. The molecule has 0 unspecified atom stereocenters. The summed E-state index contributed by atoms with van der Waals surface area (Å²) in [5.41, 5.74) is 0.306. The smallest absolute Gasteiger partial charge is 0.146 e. The van der Waals surface area contributed by atoms with Gasteiger partial charge in [0, 0.05) is 11.6 Å². The van der Waals surface area contributed by atoms with E-state index in [1.807, 2.05) is 0 Å². The van der Waals surface area contributed by atoms with Crippen LogP contribution in [-0.2, 0) is 0 Å². The van der Waals surface area contributed by atoms with Crippen molar-refractivity contribution in [3.05, 3.63) is 27.5 Å². The van der Waals surface area contributed by atoms with Gasteiger partial charge in [0.15, 0.2) is 0 Å². The highest BCUT2D eigenvalue weighted by atomic mass is 35.5. The molecule has 1 nitrogen and oxygen atoms in total. The van der Waals surface area contributed by atoms with E-state index in [1.54, 1.807) is 6.92 Å². The summed E-state index contributed by atoms with van der Waals surface area (Å²) in [5, 5.41) is 0.285. The first-order valence-electron chi connectivity index (χ1n) is 3.26. The Morgan fingerprint density at radius 3 is 2.50 bits per heavy atom. The molecule has 1 aromatic carbocycles. The third kappa shape index (κ3) is 1.50. The van der Waals surface area contributed by atoms with Crippen LogP contribution in [0.2, 0.25) is 10.0 Å². The highest BCUT2D eigenvalue weighted by Crippen LogP contribution is 2.33. The van der Waals surface area contributed by atoms with Crippen LogP contribution in [0.3, 0.4) is 0 Å². The SMILES string of the molecule is COc1cc(Cl)c(F)c(C)c1Cl. The van der Waals surface area contributed by atoms with Crippen molar-refractivity contribution >= 4 is 23.2 Å². The Kier molecular flexibility index (Phi) is 2.80. The number of halogens is 3. The molecule has 0 radical (unpaired) electrons. The molecule has 0 N–H and O–H groups in total. The van der Waals surface area contributed by atoms with Gasteiger partial charge in [0.25, 0.3) is 0 Å². The topological polar surface area (TPSA) is 9.23 Å². The van der Waals surface area contributed by atoms with Crippen LogP contribution in [0, 0.1) is 12.7 Å². The van der Waals surface area contributed by atoms with E-state index in [9.17, 15) is 4.39 Å². The van der Waals surface area contributed by atoms with Crippen LogP contribution in [0.1, 0.15) is 5.56 Å². The van der Waals surface area contributed by atoms with E-state index in [2.05, 4.69) is 0 Å². The minimum Gasteiger partial charge on any atom is -0.495 e. The summed E-state index contributed by atoms with van der Waals surface area (Å²) in [5.74, 6) is -0.108. The Bertz CT molecular complexity index is 312. The van der Waals surface area contributed by atoms with Crippen molar-refractivity contribution in [3.8, 4) is 5.75 Å². The molecule has 1 aromatic rings. The van der Waals surface area contributed by atoms with Crippen LogP contribution in [-0.4, -0.2) is 7.11 Å². The van der Waals surface area contributed by atoms with Gasteiger partial charge < -0.3 is 4.74 Å². The van der Waals surface area contributed by atoms with E-state index in [-0.39, 0.29) is 10.0 Å². The van der Waals surface area contributed by atoms with Crippen LogP contribution < -0.4 is 4.74 Å². The highest BCUT2D eigenvalue weighted by Gasteiger charge is 2.12. The number of methoxy groups -OCH3 is 1. The monoisotopic (exact) mass is 208 g/mol. The minimum atomic E-state index is -0.498. The quantitative estimate of drug-likeness (QED) is 0.643. The van der Waals surface area contributed by atoms with Gasteiger partial charge in [-0.05, 0) is 6.92 Å². The molecule has 0 saturated carbocycles. The maximum atomic E-state index is 13.0. The van der Waals surface area contributed by atoms with Crippen molar-refractivity contribution in [1.29, 1.82) is 0 Å². The Hall–Kier alpha value is -0.470. The fraction of sp³-hybridized carbons (Fsp3) is 0.250. The van der Waals surface area contributed by atoms with E-state index in [1.165, 1.54) is 13.2 Å². The summed E-state index contributed by atoms with van der Waals surface area (Å²) in [6, 6.07) is 1.35. The van der Waals surface area contributed by atoms with E-state index >= 15 is 0 Å². The van der Waals surface area contributed by atoms with E-state index in [4.69, 9.17) is 27.9 Å². The Balaban J connectivity index is 3.39. The second-order valence-electron chi connectivity index (χ2n) is 2.31. The van der Waals surface area contributed by atoms with Crippen LogP contribution in [0.5, 0.6) is 5.75 Å². The van der Waals surface area contributed by atoms with Crippen LogP contribution in [0.4, 0.5) is 4.39 Å². The second-order valence-corrected chi connectivity index (χ2v) is 3.10. The largest absolute Gasteiger partial charge is 0.495 e. The molecular weight excluding hydrogens is 202 g/mol. The van der Waals surface area contributed by atoms with Gasteiger partial charge in [0.2, 0.25) is 0 Å². The molecular formula is C8H7Cl2FO. The van der Waals surface area contributed by atoms with Crippen molar-refractivity contribution < 1.29 is 9.13 Å². The number of hydrogen-bond acceptors (Lipinski definition) is 1. The third-order valence-corrected chi connectivity index (χ3v) is 2.31. The minimum absolute atomic E-state index is 0.0220. The molecule has 0 saturated heterocycles. The number of hydrogen-bond donors (Lipinski definition) is 0. The molecule has 0 heterocycles. The molecule has 12 heavy (non-hydrogen) atoms. The average molecular weight is 209 g/mol. The lowest BCUT2D eigenvalue weighted by atomic mass is 10.2. The predicted octanol–water partition coefficient (Wildman–Crippen LogP) is 3.45. The maximum Gasteiger partial charge on any atom is 0.146 e. The van der Waals surface area contributed by atoms with Gasteiger partial charge in [-0.1, -0.05) is 23.2 Å².